The minimum atomic E-state index is -0.399. The van der Waals surface area contributed by atoms with E-state index in [4.69, 9.17) is 0 Å². The van der Waals surface area contributed by atoms with E-state index in [0.717, 1.165) is 25.7 Å². The van der Waals surface area contributed by atoms with Gasteiger partial charge in [-0.1, -0.05) is 38.0 Å². The molecule has 114 valence electrons. The number of amides is 1. The van der Waals surface area contributed by atoms with Crippen LogP contribution in [0, 0.1) is 5.92 Å². The Hall–Kier alpha value is -1.00. The second-order valence-corrected chi connectivity index (χ2v) is 7.79. The summed E-state index contributed by atoms with van der Waals surface area (Å²) in [5, 5.41) is 12.9. The molecule has 0 saturated heterocycles. The molecule has 0 bridgehead atoms. The molecule has 2 aliphatic rings. The number of nitrogens with one attached hydrogen (secondary N) is 1. The molecule has 1 fully saturated rings. The van der Waals surface area contributed by atoms with Gasteiger partial charge in [-0.2, -0.15) is 0 Å². The summed E-state index contributed by atoms with van der Waals surface area (Å²) in [7, 11) is 0. The lowest BCUT2D eigenvalue weighted by atomic mass is 9.76. The lowest BCUT2D eigenvalue weighted by Crippen LogP contribution is -2.55. The Morgan fingerprint density at radius 1 is 1.48 bits per heavy atom. The van der Waals surface area contributed by atoms with Gasteiger partial charge in [0.25, 0.3) is 0 Å². The van der Waals surface area contributed by atoms with E-state index in [1.54, 1.807) is 11.8 Å². The lowest BCUT2D eigenvalue weighted by molar-refractivity contribution is -0.123. The van der Waals surface area contributed by atoms with Gasteiger partial charge in [0.15, 0.2) is 0 Å². The maximum absolute atomic E-state index is 12.6. The number of hydrogen-bond donors (Lipinski definition) is 2. The molecule has 1 aliphatic heterocycles. The molecule has 1 aliphatic carbocycles. The first-order valence-corrected chi connectivity index (χ1v) is 8.67. The average Bonchev–Trinajstić information content (AvgIpc) is 2.91. The number of thioether (sulfide) groups is 1. The van der Waals surface area contributed by atoms with E-state index in [-0.39, 0.29) is 17.8 Å². The van der Waals surface area contributed by atoms with Crippen LogP contribution in [0.5, 0.6) is 0 Å². The van der Waals surface area contributed by atoms with Crippen LogP contribution in [-0.4, -0.2) is 28.4 Å². The first kappa shape index (κ1) is 14.9. The van der Waals surface area contributed by atoms with Crippen LogP contribution in [-0.2, 0) is 11.2 Å². The Kier molecular flexibility index (Phi) is 4.27. The molecule has 0 aromatic heterocycles. The SMILES string of the molecule is CC1CCCC(CO)(NC(=O)C2Cc3ccccc3S2)C1. The van der Waals surface area contributed by atoms with Gasteiger partial charge in [0.05, 0.1) is 17.4 Å². The van der Waals surface area contributed by atoms with Crippen LogP contribution in [0.3, 0.4) is 0 Å². The Bertz CT molecular complexity index is 508. The van der Waals surface area contributed by atoms with E-state index in [9.17, 15) is 9.90 Å². The zero-order valence-corrected chi connectivity index (χ0v) is 13.3. The second-order valence-electron chi connectivity index (χ2n) is 6.55. The van der Waals surface area contributed by atoms with Crippen molar-refractivity contribution in [3.63, 3.8) is 0 Å². The molecule has 1 saturated carbocycles. The summed E-state index contributed by atoms with van der Waals surface area (Å²) in [6.45, 7) is 2.25. The fourth-order valence-corrected chi connectivity index (χ4v) is 4.82. The van der Waals surface area contributed by atoms with Gasteiger partial charge in [0, 0.05) is 4.90 Å². The fraction of sp³-hybridized carbons (Fsp3) is 0.588. The highest BCUT2D eigenvalue weighted by Gasteiger charge is 2.38. The summed E-state index contributed by atoms with van der Waals surface area (Å²) in [6.07, 6.45) is 4.86. The highest BCUT2D eigenvalue weighted by Crippen LogP contribution is 2.38. The van der Waals surface area contributed by atoms with Gasteiger partial charge in [-0.3, -0.25) is 4.79 Å². The maximum atomic E-state index is 12.6. The van der Waals surface area contributed by atoms with Crippen LogP contribution in [0.25, 0.3) is 0 Å². The minimum Gasteiger partial charge on any atom is -0.394 e. The molecular weight excluding hydrogens is 282 g/mol. The van der Waals surface area contributed by atoms with Crippen molar-refractivity contribution in [1.82, 2.24) is 5.32 Å². The fourth-order valence-electron chi connectivity index (χ4n) is 3.63. The third-order valence-electron chi connectivity index (χ3n) is 4.72. The number of aliphatic hydroxyl groups is 1. The van der Waals surface area contributed by atoms with Crippen molar-refractivity contribution in [2.24, 2.45) is 5.92 Å². The molecule has 1 amide bonds. The molecule has 3 rings (SSSR count). The average molecular weight is 305 g/mol. The molecule has 3 unspecified atom stereocenters. The number of hydrogen-bond acceptors (Lipinski definition) is 3. The van der Waals surface area contributed by atoms with Crippen LogP contribution < -0.4 is 5.32 Å². The largest absolute Gasteiger partial charge is 0.394 e. The molecule has 3 atom stereocenters. The second kappa shape index (κ2) is 6.01. The Balaban J connectivity index is 1.67. The van der Waals surface area contributed by atoms with E-state index < -0.39 is 5.54 Å². The van der Waals surface area contributed by atoms with Gasteiger partial charge < -0.3 is 10.4 Å². The van der Waals surface area contributed by atoms with E-state index in [2.05, 4.69) is 24.4 Å². The summed E-state index contributed by atoms with van der Waals surface area (Å²) in [4.78, 5) is 13.8. The summed E-state index contributed by atoms with van der Waals surface area (Å²) in [5.74, 6) is 0.652. The normalized spacial score (nSPS) is 31.7. The third kappa shape index (κ3) is 3.11. The molecule has 21 heavy (non-hydrogen) atoms. The van der Waals surface area contributed by atoms with E-state index >= 15 is 0 Å². The molecule has 1 heterocycles. The minimum absolute atomic E-state index is 0.0490. The van der Waals surface area contributed by atoms with Gasteiger partial charge in [-0.25, -0.2) is 0 Å². The molecule has 1 aromatic rings. The zero-order chi connectivity index (χ0) is 14.9. The van der Waals surface area contributed by atoms with E-state index in [1.807, 2.05) is 12.1 Å². The highest BCUT2D eigenvalue weighted by molar-refractivity contribution is 8.01. The van der Waals surface area contributed by atoms with Crippen molar-refractivity contribution >= 4 is 17.7 Å². The van der Waals surface area contributed by atoms with Crippen LogP contribution >= 0.6 is 11.8 Å². The number of fused-ring (bicyclic) bond motifs is 1. The molecule has 0 spiro atoms. The van der Waals surface area contributed by atoms with Gasteiger partial charge in [-0.05, 0) is 36.8 Å². The topological polar surface area (TPSA) is 49.3 Å². The summed E-state index contributed by atoms with van der Waals surface area (Å²) >= 11 is 1.65. The maximum Gasteiger partial charge on any atom is 0.234 e. The molecule has 0 radical (unpaired) electrons. The number of aliphatic hydroxyl groups excluding tert-OH is 1. The Morgan fingerprint density at radius 2 is 2.29 bits per heavy atom. The highest BCUT2D eigenvalue weighted by atomic mass is 32.2. The summed E-state index contributed by atoms with van der Waals surface area (Å²) in [6, 6.07) is 8.22. The van der Waals surface area contributed by atoms with Crippen molar-refractivity contribution in [3.05, 3.63) is 29.8 Å². The predicted molar refractivity (Wildman–Crippen MR) is 85.4 cm³/mol. The van der Waals surface area contributed by atoms with Crippen LogP contribution in [0.2, 0.25) is 0 Å². The van der Waals surface area contributed by atoms with Crippen molar-refractivity contribution < 1.29 is 9.90 Å². The van der Waals surface area contributed by atoms with Crippen LogP contribution in [0.15, 0.2) is 29.2 Å². The van der Waals surface area contributed by atoms with Gasteiger partial charge >= 0.3 is 0 Å². The molecule has 3 nitrogen and oxygen atoms in total. The Labute approximate surface area is 130 Å². The van der Waals surface area contributed by atoms with Crippen LogP contribution in [0.1, 0.15) is 38.2 Å². The number of rotatable bonds is 3. The molecular formula is C17H23NO2S. The van der Waals surface area contributed by atoms with Gasteiger partial charge in [-0.15, -0.1) is 11.8 Å². The first-order valence-electron chi connectivity index (χ1n) is 7.79. The van der Waals surface area contributed by atoms with Crippen molar-refractivity contribution in [1.29, 1.82) is 0 Å². The Morgan fingerprint density at radius 3 is 3.00 bits per heavy atom. The number of carbonyl (C=O) groups excluding carboxylic acids is 1. The quantitative estimate of drug-likeness (QED) is 0.903. The van der Waals surface area contributed by atoms with E-state index in [0.29, 0.717) is 5.92 Å². The zero-order valence-electron chi connectivity index (χ0n) is 12.5. The third-order valence-corrected chi connectivity index (χ3v) is 6.04. The smallest absolute Gasteiger partial charge is 0.234 e. The number of carbonyl (C=O) groups is 1. The lowest BCUT2D eigenvalue weighted by Gasteiger charge is -2.40. The van der Waals surface area contributed by atoms with Crippen molar-refractivity contribution in [2.45, 2.75) is 54.7 Å². The van der Waals surface area contributed by atoms with Crippen molar-refractivity contribution in [3.8, 4) is 0 Å². The molecule has 1 aromatic carbocycles. The van der Waals surface area contributed by atoms with Crippen LogP contribution in [0.4, 0.5) is 0 Å². The van der Waals surface area contributed by atoms with E-state index in [1.165, 1.54) is 16.9 Å². The van der Waals surface area contributed by atoms with Gasteiger partial charge in [0.1, 0.15) is 0 Å². The summed E-state index contributed by atoms with van der Waals surface area (Å²) in [5.41, 5.74) is 0.863. The number of benzene rings is 1. The van der Waals surface area contributed by atoms with Gasteiger partial charge in [0.2, 0.25) is 5.91 Å². The predicted octanol–water partition coefficient (Wildman–Crippen LogP) is 2.76. The first-order chi connectivity index (χ1) is 10.1. The molecule has 4 heteroatoms. The standard InChI is InChI=1S/C17H23NO2S/c1-12-5-4-8-17(10-12,11-19)18-16(20)15-9-13-6-2-3-7-14(13)21-15/h2-3,6-7,12,15,19H,4-5,8-11H2,1H3,(H,18,20). The monoisotopic (exact) mass is 305 g/mol. The van der Waals surface area contributed by atoms with Crippen molar-refractivity contribution in [2.75, 3.05) is 6.61 Å². The molecule has 2 N–H and O–H groups in total. The summed E-state index contributed by atoms with van der Waals surface area (Å²) < 4.78 is 0.